The molecule has 13 nitrogen and oxygen atoms in total. The molecule has 2 heterocycles. The maximum absolute atomic E-state index is 13.1. The van der Waals surface area contributed by atoms with E-state index in [1.807, 2.05) is 0 Å². The molecule has 1 saturated heterocycles. The molecule has 5 atom stereocenters. The van der Waals surface area contributed by atoms with E-state index in [0.717, 1.165) is 12.1 Å². The monoisotopic (exact) mass is 506 g/mol. The standard InChI is InChI=1S/C23H22O13/c1-32-12-4-3-8(5-10(12)24)19-20(33-2)15(26)14-11(25)6-9(7-13(14)35-19)34-23-18(29)16(27)17(28)21(36-23)22(30)31/h3-7,16-18,21,23-25,27-29H,1-2H3,(H,30,31)/t16-,17-,18+,21-,23+/m0/s1. The molecule has 1 aliphatic heterocycles. The highest BCUT2D eigenvalue weighted by molar-refractivity contribution is 5.88. The lowest BCUT2D eigenvalue weighted by molar-refractivity contribution is -0.271. The van der Waals surface area contributed by atoms with Gasteiger partial charge in [0.15, 0.2) is 23.4 Å². The maximum Gasteiger partial charge on any atom is 0.335 e. The maximum atomic E-state index is 13.1. The van der Waals surface area contributed by atoms with Crippen molar-refractivity contribution in [1.29, 1.82) is 0 Å². The van der Waals surface area contributed by atoms with Gasteiger partial charge in [-0.25, -0.2) is 4.79 Å². The summed E-state index contributed by atoms with van der Waals surface area (Å²) in [5, 5.41) is 59.6. The Labute approximate surface area is 201 Å². The van der Waals surface area contributed by atoms with Crippen molar-refractivity contribution in [2.24, 2.45) is 0 Å². The van der Waals surface area contributed by atoms with Gasteiger partial charge >= 0.3 is 5.97 Å². The van der Waals surface area contributed by atoms with E-state index in [2.05, 4.69) is 0 Å². The van der Waals surface area contributed by atoms with Crippen LogP contribution in [0.15, 0.2) is 39.5 Å². The number of hydrogen-bond acceptors (Lipinski definition) is 12. The zero-order valence-corrected chi connectivity index (χ0v) is 18.8. The van der Waals surface area contributed by atoms with Crippen LogP contribution in [0.1, 0.15) is 0 Å². The number of hydrogen-bond donors (Lipinski definition) is 6. The number of carbonyl (C=O) groups is 1. The van der Waals surface area contributed by atoms with Crippen molar-refractivity contribution in [3.05, 3.63) is 40.6 Å². The van der Waals surface area contributed by atoms with Crippen molar-refractivity contribution in [2.75, 3.05) is 14.2 Å². The van der Waals surface area contributed by atoms with Crippen molar-refractivity contribution in [2.45, 2.75) is 30.7 Å². The molecule has 0 spiro atoms. The second-order valence-electron chi connectivity index (χ2n) is 7.85. The smallest absolute Gasteiger partial charge is 0.335 e. The van der Waals surface area contributed by atoms with Crippen molar-refractivity contribution in [3.63, 3.8) is 0 Å². The molecule has 0 amide bonds. The minimum Gasteiger partial charge on any atom is -0.507 e. The summed E-state index contributed by atoms with van der Waals surface area (Å²) < 4.78 is 26.5. The molecule has 6 N–H and O–H groups in total. The number of methoxy groups -OCH3 is 2. The predicted molar refractivity (Wildman–Crippen MR) is 119 cm³/mol. The molecular formula is C23H22O13. The molecule has 13 heteroatoms. The third-order valence-corrected chi connectivity index (χ3v) is 5.62. The Morgan fingerprint density at radius 1 is 0.944 bits per heavy atom. The predicted octanol–water partition coefficient (Wildman–Crippen LogP) is 0.159. The van der Waals surface area contributed by atoms with Crippen molar-refractivity contribution >= 4 is 16.9 Å². The van der Waals surface area contributed by atoms with Crippen molar-refractivity contribution in [3.8, 4) is 40.1 Å². The first-order valence-corrected chi connectivity index (χ1v) is 10.4. The molecule has 2 aromatic carbocycles. The average molecular weight is 506 g/mol. The van der Waals surface area contributed by atoms with E-state index in [1.54, 1.807) is 0 Å². The number of aromatic hydroxyl groups is 2. The summed E-state index contributed by atoms with van der Waals surface area (Å²) in [6.07, 6.45) is -9.34. The Bertz CT molecular complexity index is 1360. The molecule has 36 heavy (non-hydrogen) atoms. The van der Waals surface area contributed by atoms with Crippen LogP contribution in [0.2, 0.25) is 0 Å². The van der Waals surface area contributed by atoms with Crippen LogP contribution in [0.4, 0.5) is 0 Å². The molecule has 0 radical (unpaired) electrons. The van der Waals surface area contributed by atoms with E-state index in [1.165, 1.54) is 32.4 Å². The molecular weight excluding hydrogens is 484 g/mol. The summed E-state index contributed by atoms with van der Waals surface area (Å²) in [5.41, 5.74) is -0.698. The van der Waals surface area contributed by atoms with Gasteiger partial charge in [0.05, 0.1) is 14.2 Å². The van der Waals surface area contributed by atoms with Crippen LogP contribution in [0, 0.1) is 0 Å². The van der Waals surface area contributed by atoms with Gasteiger partial charge in [-0.05, 0) is 18.2 Å². The highest BCUT2D eigenvalue weighted by Gasteiger charge is 2.48. The number of phenolic OH excluding ortho intramolecular Hbond substituents is 2. The van der Waals surface area contributed by atoms with E-state index in [4.69, 9.17) is 23.4 Å². The molecule has 192 valence electrons. The molecule has 0 unspecified atom stereocenters. The fraction of sp³-hybridized carbons (Fsp3) is 0.304. The van der Waals surface area contributed by atoms with Crippen LogP contribution in [-0.2, 0) is 9.53 Å². The molecule has 0 saturated carbocycles. The third-order valence-electron chi connectivity index (χ3n) is 5.62. The second-order valence-corrected chi connectivity index (χ2v) is 7.85. The molecule has 0 aliphatic carbocycles. The minimum atomic E-state index is -1.92. The summed E-state index contributed by atoms with van der Waals surface area (Å²) in [6.45, 7) is 0. The molecule has 4 rings (SSSR count). The van der Waals surface area contributed by atoms with Gasteiger partial charge in [0, 0.05) is 17.7 Å². The zero-order valence-electron chi connectivity index (χ0n) is 18.8. The van der Waals surface area contributed by atoms with Crippen LogP contribution in [0.5, 0.6) is 28.7 Å². The molecule has 3 aromatic rings. The normalized spacial score (nSPS) is 23.9. The van der Waals surface area contributed by atoms with E-state index < -0.39 is 47.9 Å². The number of benzene rings is 2. The van der Waals surface area contributed by atoms with Gasteiger partial charge in [-0.1, -0.05) is 0 Å². The summed E-state index contributed by atoms with van der Waals surface area (Å²) in [6, 6.07) is 6.35. The number of aliphatic carboxylic acids is 1. The Morgan fingerprint density at radius 3 is 2.28 bits per heavy atom. The van der Waals surface area contributed by atoms with Crippen LogP contribution in [-0.4, -0.2) is 81.5 Å². The minimum absolute atomic E-state index is 0.0945. The number of ether oxygens (including phenoxy) is 4. The number of aliphatic hydroxyl groups excluding tert-OH is 3. The summed E-state index contributed by atoms with van der Waals surface area (Å²) in [5.74, 6) is -2.85. The van der Waals surface area contributed by atoms with E-state index in [9.17, 15) is 40.2 Å². The Kier molecular flexibility index (Phi) is 6.65. The van der Waals surface area contributed by atoms with E-state index >= 15 is 0 Å². The first-order chi connectivity index (χ1) is 17.1. The van der Waals surface area contributed by atoms with Gasteiger partial charge in [0.25, 0.3) is 0 Å². The summed E-state index contributed by atoms with van der Waals surface area (Å²) >= 11 is 0. The Morgan fingerprint density at radius 2 is 1.67 bits per heavy atom. The van der Waals surface area contributed by atoms with Gasteiger partial charge in [0.2, 0.25) is 17.5 Å². The number of rotatable bonds is 6. The second kappa shape index (κ2) is 9.54. The Balaban J connectivity index is 1.79. The zero-order chi connectivity index (χ0) is 26.3. The van der Waals surface area contributed by atoms with Crippen LogP contribution in [0.25, 0.3) is 22.3 Å². The van der Waals surface area contributed by atoms with Gasteiger partial charge < -0.3 is 54.0 Å². The van der Waals surface area contributed by atoms with E-state index in [0.29, 0.717) is 0 Å². The van der Waals surface area contributed by atoms with Crippen LogP contribution < -0.4 is 19.6 Å². The highest BCUT2D eigenvalue weighted by Crippen LogP contribution is 2.39. The van der Waals surface area contributed by atoms with Crippen molar-refractivity contribution < 1.29 is 58.8 Å². The fourth-order valence-corrected chi connectivity index (χ4v) is 3.82. The fourth-order valence-electron chi connectivity index (χ4n) is 3.82. The summed E-state index contributed by atoms with van der Waals surface area (Å²) in [4.78, 5) is 24.4. The molecule has 1 fully saturated rings. The van der Waals surface area contributed by atoms with Crippen LogP contribution >= 0.6 is 0 Å². The van der Waals surface area contributed by atoms with Gasteiger partial charge in [0.1, 0.15) is 40.8 Å². The lowest BCUT2D eigenvalue weighted by atomic mass is 9.99. The number of fused-ring (bicyclic) bond motifs is 1. The number of phenols is 2. The van der Waals surface area contributed by atoms with Gasteiger partial charge in [-0.3, -0.25) is 4.79 Å². The van der Waals surface area contributed by atoms with Gasteiger partial charge in [-0.15, -0.1) is 0 Å². The number of carboxylic acids is 1. The number of carboxylic acid groups (broad SMARTS) is 1. The SMILES string of the molecule is COc1ccc(-c2oc3cc(O[C@@H]4O[C@H](C(=O)O)[C@@H](O)[C@H](O)[C@H]4O)cc(O)c3c(=O)c2OC)cc1O. The molecule has 0 bridgehead atoms. The highest BCUT2D eigenvalue weighted by atomic mass is 16.7. The molecule has 1 aromatic heterocycles. The lowest BCUT2D eigenvalue weighted by Crippen LogP contribution is -2.61. The van der Waals surface area contributed by atoms with E-state index in [-0.39, 0.29) is 45.3 Å². The van der Waals surface area contributed by atoms with Gasteiger partial charge in [-0.2, -0.15) is 0 Å². The topological polar surface area (TPSA) is 206 Å². The average Bonchev–Trinajstić information content (AvgIpc) is 2.83. The number of aliphatic hydroxyl groups is 3. The Hall–Kier alpha value is -4.04. The summed E-state index contributed by atoms with van der Waals surface area (Å²) in [7, 11) is 2.58. The van der Waals surface area contributed by atoms with Crippen LogP contribution in [0.3, 0.4) is 0 Å². The largest absolute Gasteiger partial charge is 0.507 e. The van der Waals surface area contributed by atoms with Crippen molar-refractivity contribution in [1.82, 2.24) is 0 Å². The first-order valence-electron chi connectivity index (χ1n) is 10.4. The first kappa shape index (κ1) is 25.1. The lowest BCUT2D eigenvalue weighted by Gasteiger charge is -2.38. The third kappa shape index (κ3) is 4.24. The molecule has 1 aliphatic rings. The quantitative estimate of drug-likeness (QED) is 0.264.